The predicted octanol–water partition coefficient (Wildman–Crippen LogP) is 6.19. The number of methoxy groups -OCH3 is 6. The van der Waals surface area contributed by atoms with E-state index >= 15 is 0 Å². The third-order valence-corrected chi connectivity index (χ3v) is 7.40. The Morgan fingerprint density at radius 1 is 0.714 bits per heavy atom. The maximum absolute atomic E-state index is 14.8. The van der Waals surface area contributed by atoms with Gasteiger partial charge in [0.2, 0.25) is 11.5 Å². The average molecular weight is 643 g/mol. The summed E-state index contributed by atoms with van der Waals surface area (Å²) in [6.07, 6.45) is 3.54. The minimum Gasteiger partial charge on any atom is -0.493 e. The van der Waals surface area contributed by atoms with Crippen molar-refractivity contribution in [1.29, 1.82) is 0 Å². The smallest absolute Gasteiger partial charge is 0.203 e. The number of Topliss-reactive ketones (excluding diaryl/α,β-unsaturated/α-hetero) is 1. The van der Waals surface area contributed by atoms with E-state index in [0.29, 0.717) is 66.8 Å². The Balaban J connectivity index is 1.84. The van der Waals surface area contributed by atoms with Crippen molar-refractivity contribution in [3.63, 3.8) is 0 Å². The van der Waals surface area contributed by atoms with Crippen LogP contribution in [0, 0.1) is 5.82 Å². The van der Waals surface area contributed by atoms with Crippen molar-refractivity contribution in [2.45, 2.75) is 6.54 Å². The summed E-state index contributed by atoms with van der Waals surface area (Å²) >= 11 is 3.32. The van der Waals surface area contributed by atoms with E-state index in [9.17, 15) is 9.18 Å². The summed E-state index contributed by atoms with van der Waals surface area (Å²) in [7, 11) is 9.18. The fourth-order valence-electron chi connectivity index (χ4n) is 4.96. The average Bonchev–Trinajstić information content (AvgIpc) is 2.99. The Morgan fingerprint density at radius 2 is 1.19 bits per heavy atom. The first kappa shape index (κ1) is 30.9. The highest BCUT2D eigenvalue weighted by atomic mass is 79.9. The van der Waals surface area contributed by atoms with Crippen LogP contribution in [0.1, 0.15) is 16.7 Å². The van der Waals surface area contributed by atoms with Crippen molar-refractivity contribution in [2.24, 2.45) is 0 Å². The fraction of sp³-hybridized carbons (Fsp3) is 0.281. The number of hydrogen-bond donors (Lipinski definition) is 0. The van der Waals surface area contributed by atoms with Gasteiger partial charge in [-0.2, -0.15) is 0 Å². The van der Waals surface area contributed by atoms with Gasteiger partial charge in [-0.15, -0.1) is 0 Å². The fourth-order valence-corrected chi connectivity index (χ4v) is 5.30. The molecule has 0 bridgehead atoms. The summed E-state index contributed by atoms with van der Waals surface area (Å²) in [5.74, 6) is 2.20. The van der Waals surface area contributed by atoms with E-state index < -0.39 is 0 Å². The molecule has 1 saturated heterocycles. The lowest BCUT2D eigenvalue weighted by molar-refractivity contribution is -0.113. The van der Waals surface area contributed by atoms with E-state index in [1.165, 1.54) is 34.5 Å². The van der Waals surface area contributed by atoms with E-state index in [0.717, 1.165) is 0 Å². The van der Waals surface area contributed by atoms with Crippen molar-refractivity contribution in [1.82, 2.24) is 4.90 Å². The number of likely N-dealkylation sites (tertiary alicyclic amines) is 1. The van der Waals surface area contributed by atoms with E-state index in [4.69, 9.17) is 28.4 Å². The topological polar surface area (TPSA) is 75.7 Å². The zero-order chi connectivity index (χ0) is 30.4. The zero-order valence-electron chi connectivity index (χ0n) is 24.4. The van der Waals surface area contributed by atoms with Crippen molar-refractivity contribution in [2.75, 3.05) is 55.7 Å². The lowest BCUT2D eigenvalue weighted by Gasteiger charge is -2.30. The summed E-state index contributed by atoms with van der Waals surface area (Å²) in [5, 5.41) is 0. The third kappa shape index (κ3) is 6.39. The van der Waals surface area contributed by atoms with Gasteiger partial charge in [0.1, 0.15) is 5.82 Å². The second-order valence-corrected chi connectivity index (χ2v) is 10.3. The van der Waals surface area contributed by atoms with Gasteiger partial charge in [0, 0.05) is 51.9 Å². The van der Waals surface area contributed by atoms with Crippen LogP contribution in [0.5, 0.6) is 34.5 Å². The van der Waals surface area contributed by atoms with Gasteiger partial charge >= 0.3 is 0 Å². The zero-order valence-corrected chi connectivity index (χ0v) is 26.0. The first-order valence-electron chi connectivity index (χ1n) is 13.0. The van der Waals surface area contributed by atoms with Gasteiger partial charge in [0.05, 0.1) is 42.7 Å². The normalized spacial score (nSPS) is 15.6. The monoisotopic (exact) mass is 641 g/mol. The second kappa shape index (κ2) is 13.8. The largest absolute Gasteiger partial charge is 0.493 e. The molecular weight excluding hydrogens is 609 g/mol. The second-order valence-electron chi connectivity index (χ2n) is 9.40. The first-order valence-corrected chi connectivity index (χ1v) is 13.8. The molecule has 3 aromatic carbocycles. The van der Waals surface area contributed by atoms with Gasteiger partial charge < -0.3 is 28.4 Å². The number of carbonyl (C=O) groups excluding carboxylic acids is 1. The van der Waals surface area contributed by atoms with Crippen LogP contribution in [-0.2, 0) is 11.3 Å². The van der Waals surface area contributed by atoms with Crippen LogP contribution in [0.25, 0.3) is 12.2 Å². The lowest BCUT2D eigenvalue weighted by Crippen LogP contribution is -2.37. The molecule has 222 valence electrons. The van der Waals surface area contributed by atoms with Crippen LogP contribution in [0.15, 0.2) is 58.1 Å². The molecule has 1 heterocycles. The molecule has 0 saturated carbocycles. The molecular formula is C32H33BrFNO7. The first-order chi connectivity index (χ1) is 20.3. The van der Waals surface area contributed by atoms with Crippen molar-refractivity contribution in [3.05, 3.63) is 80.6 Å². The number of benzene rings is 3. The summed E-state index contributed by atoms with van der Waals surface area (Å²) in [6, 6.07) is 12.1. The molecule has 1 aliphatic heterocycles. The molecule has 1 fully saturated rings. The molecule has 8 nitrogen and oxygen atoms in total. The number of halogens is 2. The van der Waals surface area contributed by atoms with E-state index in [2.05, 4.69) is 15.9 Å². The van der Waals surface area contributed by atoms with Crippen LogP contribution in [0.4, 0.5) is 4.39 Å². The molecule has 0 spiro atoms. The van der Waals surface area contributed by atoms with Gasteiger partial charge in [-0.1, -0.05) is 22.0 Å². The summed E-state index contributed by atoms with van der Waals surface area (Å²) in [6.45, 7) is 0.853. The molecule has 1 aliphatic rings. The number of ketones is 1. The Morgan fingerprint density at radius 3 is 1.60 bits per heavy atom. The summed E-state index contributed by atoms with van der Waals surface area (Å²) < 4.78 is 48.7. The number of nitrogens with zero attached hydrogens (tertiary/aromatic N) is 1. The van der Waals surface area contributed by atoms with Gasteiger partial charge in [-0.05, 0) is 48.6 Å². The SMILES string of the molecule is COc1ccc(/C=C2\CN(Cc3ccc(Br)cc3F)C/C(=C\c3ccc(OC)c(OC)c3OC)C2=O)c(OC)c1OC. The van der Waals surface area contributed by atoms with Crippen LogP contribution in [0.2, 0.25) is 0 Å². The van der Waals surface area contributed by atoms with Gasteiger partial charge in [-0.3, -0.25) is 9.69 Å². The highest BCUT2D eigenvalue weighted by molar-refractivity contribution is 9.10. The molecule has 42 heavy (non-hydrogen) atoms. The lowest BCUT2D eigenvalue weighted by atomic mass is 9.93. The highest BCUT2D eigenvalue weighted by Gasteiger charge is 2.28. The highest BCUT2D eigenvalue weighted by Crippen LogP contribution is 2.42. The van der Waals surface area contributed by atoms with E-state index in [-0.39, 0.29) is 31.2 Å². The third-order valence-electron chi connectivity index (χ3n) is 6.91. The Hall–Kier alpha value is -4.02. The van der Waals surface area contributed by atoms with Gasteiger partial charge in [-0.25, -0.2) is 4.39 Å². The molecule has 0 aromatic heterocycles. The van der Waals surface area contributed by atoms with Gasteiger partial charge in [0.15, 0.2) is 28.8 Å². The predicted molar refractivity (Wildman–Crippen MR) is 163 cm³/mol. The molecule has 0 atom stereocenters. The maximum Gasteiger partial charge on any atom is 0.203 e. The molecule has 3 aromatic rings. The van der Waals surface area contributed by atoms with E-state index in [1.807, 2.05) is 4.90 Å². The molecule has 10 heteroatoms. The van der Waals surface area contributed by atoms with Crippen LogP contribution in [-0.4, -0.2) is 66.4 Å². The Labute approximate surface area is 253 Å². The standard InChI is InChI=1S/C32H33BrFNO7/c1-37-26-11-8-19(29(39-3)31(26)41-5)13-22-17-35(16-21-7-10-24(33)15-25(21)34)18-23(28(22)36)14-20-9-12-27(38-2)32(42-6)30(20)40-4/h7-15H,16-18H2,1-6H3/b22-13+,23-14+. The van der Waals surface area contributed by atoms with Crippen LogP contribution in [0.3, 0.4) is 0 Å². The number of ether oxygens (including phenoxy) is 6. The maximum atomic E-state index is 14.8. The number of carbonyl (C=O) groups is 1. The summed E-state index contributed by atoms with van der Waals surface area (Å²) in [4.78, 5) is 16.0. The molecule has 0 amide bonds. The number of hydrogen-bond acceptors (Lipinski definition) is 8. The minimum absolute atomic E-state index is 0.156. The Bertz CT molecular complexity index is 1450. The Kier molecular flexibility index (Phi) is 10.1. The van der Waals surface area contributed by atoms with Crippen LogP contribution >= 0.6 is 15.9 Å². The summed E-state index contributed by atoms with van der Waals surface area (Å²) in [5.41, 5.74) is 2.78. The number of piperidine rings is 1. The van der Waals surface area contributed by atoms with Crippen molar-refractivity contribution in [3.8, 4) is 34.5 Å². The molecule has 0 N–H and O–H groups in total. The number of rotatable bonds is 10. The van der Waals surface area contributed by atoms with Crippen molar-refractivity contribution >= 4 is 33.9 Å². The minimum atomic E-state index is -0.333. The van der Waals surface area contributed by atoms with E-state index in [1.54, 1.807) is 62.8 Å². The molecule has 0 radical (unpaired) electrons. The van der Waals surface area contributed by atoms with Gasteiger partial charge in [0.25, 0.3) is 0 Å². The van der Waals surface area contributed by atoms with Crippen LogP contribution < -0.4 is 28.4 Å². The quantitative estimate of drug-likeness (QED) is 0.243. The van der Waals surface area contributed by atoms with Crippen molar-refractivity contribution < 1.29 is 37.6 Å². The molecule has 0 aliphatic carbocycles. The molecule has 4 rings (SSSR count). The molecule has 0 unspecified atom stereocenters.